The lowest BCUT2D eigenvalue weighted by Gasteiger charge is -2.25. The van der Waals surface area contributed by atoms with E-state index in [1.165, 1.54) is 30.5 Å². The molecule has 0 aliphatic heterocycles. The van der Waals surface area contributed by atoms with Gasteiger partial charge in [-0.2, -0.15) is 0 Å². The number of hydrogen-bond donors (Lipinski definition) is 1. The summed E-state index contributed by atoms with van der Waals surface area (Å²) in [5, 5.41) is 3.54. The van der Waals surface area contributed by atoms with Crippen molar-refractivity contribution in [2.24, 2.45) is 11.8 Å². The molecular formula is C29H41FN4O. The zero-order valence-corrected chi connectivity index (χ0v) is 22.0. The van der Waals surface area contributed by atoms with Crippen molar-refractivity contribution in [3.63, 3.8) is 0 Å². The van der Waals surface area contributed by atoms with Gasteiger partial charge >= 0.3 is 0 Å². The maximum absolute atomic E-state index is 13.8. The number of nitrogens with one attached hydrogen (secondary N) is 1. The van der Waals surface area contributed by atoms with Gasteiger partial charge in [0.05, 0.1) is 17.6 Å². The van der Waals surface area contributed by atoms with Crippen LogP contribution in [-0.4, -0.2) is 33.4 Å². The van der Waals surface area contributed by atoms with Crippen LogP contribution in [0, 0.1) is 17.7 Å². The normalized spacial score (nSPS) is 11.7. The van der Waals surface area contributed by atoms with Gasteiger partial charge in [0, 0.05) is 25.2 Å². The first-order valence-electron chi connectivity index (χ1n) is 13.0. The third kappa shape index (κ3) is 7.63. The number of fused-ring (bicyclic) bond motifs is 1. The molecule has 35 heavy (non-hydrogen) atoms. The van der Waals surface area contributed by atoms with Gasteiger partial charge in [0.15, 0.2) is 0 Å². The maximum atomic E-state index is 13.8. The molecule has 0 spiro atoms. The summed E-state index contributed by atoms with van der Waals surface area (Å²) in [5.74, 6) is 1.32. The van der Waals surface area contributed by atoms with Crippen LogP contribution in [0.25, 0.3) is 11.0 Å². The second-order valence-corrected chi connectivity index (χ2v) is 10.3. The molecule has 2 aromatic carbocycles. The van der Waals surface area contributed by atoms with Crippen molar-refractivity contribution < 1.29 is 9.18 Å². The highest BCUT2D eigenvalue weighted by atomic mass is 19.1. The molecule has 3 aromatic rings. The minimum atomic E-state index is -0.399. The molecule has 0 aliphatic rings. The summed E-state index contributed by atoms with van der Waals surface area (Å²) in [6.07, 6.45) is 3.39. The van der Waals surface area contributed by atoms with E-state index in [0.717, 1.165) is 48.8 Å². The van der Waals surface area contributed by atoms with E-state index in [1.54, 1.807) is 17.0 Å². The van der Waals surface area contributed by atoms with Crippen molar-refractivity contribution in [3.05, 3.63) is 65.2 Å². The summed E-state index contributed by atoms with van der Waals surface area (Å²) >= 11 is 0. The van der Waals surface area contributed by atoms with Gasteiger partial charge in [-0.05, 0) is 73.5 Å². The molecule has 1 aromatic heterocycles. The summed E-state index contributed by atoms with van der Waals surface area (Å²) < 4.78 is 16.0. The average Bonchev–Trinajstić information content (AvgIpc) is 3.14. The number of hydrogen-bond acceptors (Lipinski definition) is 3. The summed E-state index contributed by atoms with van der Waals surface area (Å²) in [4.78, 5) is 20.1. The predicted molar refractivity (Wildman–Crippen MR) is 142 cm³/mol. The Morgan fingerprint density at radius 1 is 1.11 bits per heavy atom. The van der Waals surface area contributed by atoms with Gasteiger partial charge in [-0.25, -0.2) is 9.37 Å². The van der Waals surface area contributed by atoms with Crippen LogP contribution in [0.2, 0.25) is 0 Å². The predicted octanol–water partition coefficient (Wildman–Crippen LogP) is 6.41. The van der Waals surface area contributed by atoms with Gasteiger partial charge in [0.2, 0.25) is 0 Å². The van der Waals surface area contributed by atoms with Gasteiger partial charge in [-0.3, -0.25) is 4.79 Å². The lowest BCUT2D eigenvalue weighted by molar-refractivity contribution is 0.0715. The Morgan fingerprint density at radius 3 is 2.60 bits per heavy atom. The lowest BCUT2D eigenvalue weighted by atomic mass is 10.1. The van der Waals surface area contributed by atoms with Crippen molar-refractivity contribution in [3.8, 4) is 0 Å². The molecule has 5 nitrogen and oxygen atoms in total. The fourth-order valence-electron chi connectivity index (χ4n) is 4.43. The van der Waals surface area contributed by atoms with Gasteiger partial charge in [-0.1, -0.05) is 46.8 Å². The van der Waals surface area contributed by atoms with Crippen molar-refractivity contribution in [1.29, 1.82) is 0 Å². The van der Waals surface area contributed by atoms with Crippen LogP contribution in [0.1, 0.15) is 75.6 Å². The van der Waals surface area contributed by atoms with Crippen LogP contribution in [-0.2, 0) is 19.6 Å². The molecule has 6 heteroatoms. The minimum absolute atomic E-state index is 0.167. The molecule has 3 rings (SSSR count). The third-order valence-electron chi connectivity index (χ3n) is 6.08. The number of halogens is 1. The van der Waals surface area contributed by atoms with Crippen molar-refractivity contribution in [2.75, 3.05) is 13.1 Å². The Labute approximate surface area is 209 Å². The largest absolute Gasteiger partial charge is 0.331 e. The fraction of sp³-hybridized carbons (Fsp3) is 0.517. The Balaban J connectivity index is 1.83. The average molecular weight is 481 g/mol. The van der Waals surface area contributed by atoms with Crippen molar-refractivity contribution in [1.82, 2.24) is 19.8 Å². The third-order valence-corrected chi connectivity index (χ3v) is 6.08. The van der Waals surface area contributed by atoms with Crippen LogP contribution >= 0.6 is 0 Å². The number of rotatable bonds is 13. The second kappa shape index (κ2) is 12.8. The van der Waals surface area contributed by atoms with E-state index in [1.807, 2.05) is 0 Å². The zero-order chi connectivity index (χ0) is 25.4. The van der Waals surface area contributed by atoms with E-state index in [4.69, 9.17) is 4.98 Å². The Kier molecular flexibility index (Phi) is 9.84. The van der Waals surface area contributed by atoms with E-state index < -0.39 is 5.82 Å². The van der Waals surface area contributed by atoms with Crippen molar-refractivity contribution >= 4 is 16.9 Å². The molecule has 1 amide bonds. The monoisotopic (exact) mass is 480 g/mol. The zero-order valence-electron chi connectivity index (χ0n) is 22.0. The molecule has 0 atom stereocenters. The number of aromatic nitrogens is 2. The number of carbonyl (C=O) groups excluding carboxylic acids is 1. The maximum Gasteiger partial charge on any atom is 0.254 e. The molecule has 0 unspecified atom stereocenters. The highest BCUT2D eigenvalue weighted by molar-refractivity contribution is 5.94. The fourth-order valence-corrected chi connectivity index (χ4v) is 4.43. The molecule has 0 radical (unpaired) electrons. The van der Waals surface area contributed by atoms with Crippen LogP contribution < -0.4 is 5.32 Å². The van der Waals surface area contributed by atoms with Gasteiger partial charge < -0.3 is 14.8 Å². The number of benzene rings is 2. The molecule has 0 aliphatic carbocycles. The van der Waals surface area contributed by atoms with E-state index >= 15 is 0 Å². The highest BCUT2D eigenvalue weighted by Gasteiger charge is 2.21. The van der Waals surface area contributed by atoms with E-state index in [-0.39, 0.29) is 11.8 Å². The van der Waals surface area contributed by atoms with E-state index in [2.05, 4.69) is 62.7 Å². The first-order valence-corrected chi connectivity index (χ1v) is 13.0. The highest BCUT2D eigenvalue weighted by Crippen LogP contribution is 2.21. The number of nitrogens with zero attached hydrogens (tertiary/aromatic N) is 3. The van der Waals surface area contributed by atoms with Crippen LogP contribution in [0.15, 0.2) is 42.5 Å². The quantitative estimate of drug-likeness (QED) is 0.288. The van der Waals surface area contributed by atoms with Gasteiger partial charge in [-0.15, -0.1) is 0 Å². The Morgan fingerprint density at radius 2 is 1.91 bits per heavy atom. The van der Waals surface area contributed by atoms with Crippen LogP contribution in [0.4, 0.5) is 4.39 Å². The second-order valence-electron chi connectivity index (χ2n) is 10.3. The minimum Gasteiger partial charge on any atom is -0.331 e. The van der Waals surface area contributed by atoms with Crippen LogP contribution in [0.3, 0.4) is 0 Å². The smallest absolute Gasteiger partial charge is 0.254 e. The Hall–Kier alpha value is -2.73. The lowest BCUT2D eigenvalue weighted by Crippen LogP contribution is -2.34. The van der Waals surface area contributed by atoms with Crippen LogP contribution in [0.5, 0.6) is 0 Å². The molecule has 1 heterocycles. The number of imidazole rings is 1. The molecule has 0 saturated carbocycles. The molecule has 1 N–H and O–H groups in total. The summed E-state index contributed by atoms with van der Waals surface area (Å²) in [5.41, 5.74) is 3.63. The van der Waals surface area contributed by atoms with E-state index in [0.29, 0.717) is 18.7 Å². The first-order chi connectivity index (χ1) is 16.8. The van der Waals surface area contributed by atoms with Gasteiger partial charge in [0.25, 0.3) is 5.91 Å². The summed E-state index contributed by atoms with van der Waals surface area (Å²) in [6, 6.07) is 12.4. The number of aryl methyl sites for hydroxylation is 1. The summed E-state index contributed by atoms with van der Waals surface area (Å²) in [7, 11) is 0. The van der Waals surface area contributed by atoms with Crippen molar-refractivity contribution in [2.45, 2.75) is 73.5 Å². The topological polar surface area (TPSA) is 50.2 Å². The Bertz CT molecular complexity index is 1110. The molecule has 0 saturated heterocycles. The molecule has 190 valence electrons. The standard InChI is InChI=1S/C29H41FN4O/c1-6-15-34-27-13-12-23(18-31-14-8-9-21(2)3)16-26(27)32-28(34)20-33(19-22(4)5)29(35)24-10-7-11-25(30)17-24/h7,10-13,16-17,21-22,31H,6,8-9,14-15,18-20H2,1-5H3. The molecule has 0 bridgehead atoms. The number of amides is 1. The molecular weight excluding hydrogens is 439 g/mol. The SMILES string of the molecule is CCCn1c(CN(CC(C)C)C(=O)c2cccc(F)c2)nc2cc(CNCCCC(C)C)ccc21. The summed E-state index contributed by atoms with van der Waals surface area (Å²) in [6.45, 7) is 14.5. The van der Waals surface area contributed by atoms with Gasteiger partial charge in [0.1, 0.15) is 11.6 Å². The molecule has 0 fully saturated rings. The first kappa shape index (κ1) is 26.9. The number of carbonyl (C=O) groups is 1. The van der Waals surface area contributed by atoms with E-state index in [9.17, 15) is 9.18 Å².